The standard InChI is InChI=1S/C12H16FNO.ClH/c1-15-9-11-4-2-3-10(7-11)5-6-12(13)8-14;/h2-4,6-7H,5,8-9,14H2,1H3;1H. The Morgan fingerprint density at radius 3 is 2.75 bits per heavy atom. The van der Waals surface area contributed by atoms with Crippen LogP contribution in [0.5, 0.6) is 0 Å². The summed E-state index contributed by atoms with van der Waals surface area (Å²) < 4.78 is 17.8. The van der Waals surface area contributed by atoms with E-state index >= 15 is 0 Å². The Balaban J connectivity index is 0.00000225. The van der Waals surface area contributed by atoms with Crippen molar-refractivity contribution < 1.29 is 9.13 Å². The van der Waals surface area contributed by atoms with Crippen LogP contribution in [0.2, 0.25) is 0 Å². The van der Waals surface area contributed by atoms with Crippen LogP contribution in [-0.4, -0.2) is 13.7 Å². The van der Waals surface area contributed by atoms with Crippen molar-refractivity contribution in [2.75, 3.05) is 13.7 Å². The lowest BCUT2D eigenvalue weighted by atomic mass is 10.1. The summed E-state index contributed by atoms with van der Waals surface area (Å²) in [4.78, 5) is 0. The van der Waals surface area contributed by atoms with E-state index in [9.17, 15) is 4.39 Å². The van der Waals surface area contributed by atoms with Crippen molar-refractivity contribution in [1.82, 2.24) is 0 Å². The Morgan fingerprint density at radius 2 is 2.12 bits per heavy atom. The second-order valence-electron chi connectivity index (χ2n) is 3.31. The fraction of sp³-hybridized carbons (Fsp3) is 0.333. The minimum absolute atomic E-state index is 0. The first-order chi connectivity index (χ1) is 7.26. The summed E-state index contributed by atoms with van der Waals surface area (Å²) in [5, 5.41) is 0. The van der Waals surface area contributed by atoms with Crippen LogP contribution in [0.4, 0.5) is 4.39 Å². The van der Waals surface area contributed by atoms with Gasteiger partial charge in [-0.15, -0.1) is 12.4 Å². The highest BCUT2D eigenvalue weighted by atomic mass is 35.5. The quantitative estimate of drug-likeness (QED) is 0.866. The van der Waals surface area contributed by atoms with Crippen molar-refractivity contribution in [3.05, 3.63) is 47.3 Å². The number of hydrogen-bond donors (Lipinski definition) is 1. The van der Waals surface area contributed by atoms with Crippen molar-refractivity contribution in [1.29, 1.82) is 0 Å². The first-order valence-corrected chi connectivity index (χ1v) is 4.87. The van der Waals surface area contributed by atoms with Gasteiger partial charge in [0.1, 0.15) is 5.83 Å². The zero-order valence-corrected chi connectivity index (χ0v) is 10.1. The van der Waals surface area contributed by atoms with Gasteiger partial charge in [0.2, 0.25) is 0 Å². The number of hydrogen-bond acceptors (Lipinski definition) is 2. The van der Waals surface area contributed by atoms with Gasteiger partial charge in [-0.2, -0.15) is 0 Å². The molecule has 0 aromatic heterocycles. The second kappa shape index (κ2) is 8.28. The summed E-state index contributed by atoms with van der Waals surface area (Å²) in [6, 6.07) is 7.89. The molecule has 0 heterocycles. The lowest BCUT2D eigenvalue weighted by Gasteiger charge is -2.02. The van der Waals surface area contributed by atoms with Gasteiger partial charge in [0.15, 0.2) is 0 Å². The molecule has 90 valence electrons. The molecular formula is C12H17ClFNO. The predicted octanol–water partition coefficient (Wildman–Crippen LogP) is 2.61. The van der Waals surface area contributed by atoms with Gasteiger partial charge < -0.3 is 10.5 Å². The normalized spacial score (nSPS) is 11.1. The topological polar surface area (TPSA) is 35.2 Å². The third kappa shape index (κ3) is 5.26. The van der Waals surface area contributed by atoms with Crippen LogP contribution >= 0.6 is 12.4 Å². The van der Waals surface area contributed by atoms with Gasteiger partial charge in [-0.3, -0.25) is 0 Å². The molecule has 0 unspecified atom stereocenters. The number of benzene rings is 1. The van der Waals surface area contributed by atoms with Crippen LogP contribution in [0.1, 0.15) is 11.1 Å². The van der Waals surface area contributed by atoms with E-state index in [1.165, 1.54) is 6.08 Å². The molecule has 0 spiro atoms. The molecule has 0 fully saturated rings. The molecule has 0 bridgehead atoms. The van der Waals surface area contributed by atoms with E-state index in [4.69, 9.17) is 10.5 Å². The molecule has 0 radical (unpaired) electrons. The highest BCUT2D eigenvalue weighted by Crippen LogP contribution is 2.08. The third-order valence-electron chi connectivity index (χ3n) is 2.06. The molecule has 1 aromatic rings. The Hall–Kier alpha value is -0.900. The predicted molar refractivity (Wildman–Crippen MR) is 66.4 cm³/mol. The molecule has 0 amide bonds. The molecule has 2 N–H and O–H groups in total. The van der Waals surface area contributed by atoms with Gasteiger partial charge in [-0.25, -0.2) is 4.39 Å². The fourth-order valence-corrected chi connectivity index (χ4v) is 1.33. The minimum atomic E-state index is -0.271. The van der Waals surface area contributed by atoms with Crippen LogP contribution < -0.4 is 5.73 Å². The van der Waals surface area contributed by atoms with Gasteiger partial charge in [0, 0.05) is 13.7 Å². The molecule has 0 aliphatic carbocycles. The second-order valence-corrected chi connectivity index (χ2v) is 3.31. The Bertz CT molecular complexity index is 342. The maximum Gasteiger partial charge on any atom is 0.110 e. The van der Waals surface area contributed by atoms with Crippen LogP contribution in [-0.2, 0) is 17.8 Å². The highest BCUT2D eigenvalue weighted by molar-refractivity contribution is 5.85. The summed E-state index contributed by atoms with van der Waals surface area (Å²) in [7, 11) is 1.65. The molecule has 2 nitrogen and oxygen atoms in total. The van der Waals surface area contributed by atoms with Gasteiger partial charge in [-0.05, 0) is 23.6 Å². The fourth-order valence-electron chi connectivity index (χ4n) is 1.33. The van der Waals surface area contributed by atoms with Gasteiger partial charge in [0.05, 0.1) is 6.61 Å². The third-order valence-corrected chi connectivity index (χ3v) is 2.06. The summed E-state index contributed by atoms with van der Waals surface area (Å²) in [5.74, 6) is -0.271. The van der Waals surface area contributed by atoms with Crippen molar-refractivity contribution in [3.8, 4) is 0 Å². The smallest absolute Gasteiger partial charge is 0.110 e. The van der Waals surface area contributed by atoms with Crippen LogP contribution in [0, 0.1) is 0 Å². The molecule has 0 aliphatic rings. The minimum Gasteiger partial charge on any atom is -0.380 e. The average Bonchev–Trinajstić information content (AvgIpc) is 2.27. The van der Waals surface area contributed by atoms with E-state index in [2.05, 4.69) is 0 Å². The summed E-state index contributed by atoms with van der Waals surface area (Å²) in [5.41, 5.74) is 7.31. The van der Waals surface area contributed by atoms with Crippen molar-refractivity contribution in [3.63, 3.8) is 0 Å². The van der Waals surface area contributed by atoms with Crippen molar-refractivity contribution >= 4 is 12.4 Å². The van der Waals surface area contributed by atoms with E-state index in [0.717, 1.165) is 11.1 Å². The molecule has 4 heteroatoms. The molecular weight excluding hydrogens is 229 g/mol. The Morgan fingerprint density at radius 1 is 1.44 bits per heavy atom. The van der Waals surface area contributed by atoms with E-state index in [1.54, 1.807) is 7.11 Å². The van der Waals surface area contributed by atoms with Gasteiger partial charge >= 0.3 is 0 Å². The van der Waals surface area contributed by atoms with E-state index in [0.29, 0.717) is 13.0 Å². The van der Waals surface area contributed by atoms with E-state index in [-0.39, 0.29) is 24.8 Å². The number of rotatable bonds is 5. The van der Waals surface area contributed by atoms with Crippen LogP contribution in [0.3, 0.4) is 0 Å². The number of methoxy groups -OCH3 is 1. The number of halogens is 2. The maximum atomic E-state index is 12.8. The monoisotopic (exact) mass is 245 g/mol. The van der Waals surface area contributed by atoms with Crippen LogP contribution in [0.15, 0.2) is 36.2 Å². The maximum absolute atomic E-state index is 12.8. The SMILES string of the molecule is COCc1cccc(CC=C(F)CN)c1.Cl. The van der Waals surface area contributed by atoms with Crippen LogP contribution in [0.25, 0.3) is 0 Å². The molecule has 0 atom stereocenters. The zero-order chi connectivity index (χ0) is 11.1. The van der Waals surface area contributed by atoms with Gasteiger partial charge in [-0.1, -0.05) is 24.3 Å². The number of ether oxygens (including phenoxy) is 1. The van der Waals surface area contributed by atoms with Gasteiger partial charge in [0.25, 0.3) is 0 Å². The molecule has 1 aromatic carbocycles. The van der Waals surface area contributed by atoms with E-state index in [1.807, 2.05) is 24.3 Å². The Labute approximate surface area is 102 Å². The summed E-state index contributed by atoms with van der Waals surface area (Å²) in [6.45, 7) is 0.550. The number of allylic oxidation sites excluding steroid dienone is 1. The molecule has 0 saturated heterocycles. The largest absolute Gasteiger partial charge is 0.380 e. The molecule has 0 aliphatic heterocycles. The molecule has 0 saturated carbocycles. The van der Waals surface area contributed by atoms with Crippen molar-refractivity contribution in [2.24, 2.45) is 5.73 Å². The molecule has 1 rings (SSSR count). The lowest BCUT2D eigenvalue weighted by molar-refractivity contribution is 0.185. The Kier molecular flexibility index (Phi) is 7.81. The molecule has 16 heavy (non-hydrogen) atoms. The van der Waals surface area contributed by atoms with Crippen molar-refractivity contribution in [2.45, 2.75) is 13.0 Å². The lowest BCUT2D eigenvalue weighted by Crippen LogP contribution is -1.99. The zero-order valence-electron chi connectivity index (χ0n) is 9.28. The summed E-state index contributed by atoms with van der Waals surface area (Å²) in [6.07, 6.45) is 2.08. The first-order valence-electron chi connectivity index (χ1n) is 4.87. The first kappa shape index (κ1) is 15.1. The summed E-state index contributed by atoms with van der Waals surface area (Å²) >= 11 is 0. The number of nitrogens with two attached hydrogens (primary N) is 1. The highest BCUT2D eigenvalue weighted by Gasteiger charge is 1.95. The average molecular weight is 246 g/mol. The van der Waals surface area contributed by atoms with E-state index < -0.39 is 0 Å².